The van der Waals surface area contributed by atoms with E-state index in [9.17, 15) is 0 Å². The minimum Gasteiger partial charge on any atom is -0.296 e. The van der Waals surface area contributed by atoms with Crippen molar-refractivity contribution >= 4 is 29.2 Å². The lowest BCUT2D eigenvalue weighted by Gasteiger charge is -2.19. The molecule has 1 aromatic rings. The molecule has 76 valence electrons. The summed E-state index contributed by atoms with van der Waals surface area (Å²) in [5.74, 6) is 0. The molecule has 0 bridgehead atoms. The average molecular weight is 225 g/mol. The Kier molecular flexibility index (Phi) is 2.73. The highest BCUT2D eigenvalue weighted by Crippen LogP contribution is 2.39. The SMILES string of the molecule is CC1NC(C)(C)C(=Cc2ccsc2)S1. The van der Waals surface area contributed by atoms with Crippen LogP contribution in [-0.2, 0) is 0 Å². The van der Waals surface area contributed by atoms with Crippen LogP contribution in [0.15, 0.2) is 21.7 Å². The zero-order valence-corrected chi connectivity index (χ0v) is 10.3. The van der Waals surface area contributed by atoms with E-state index >= 15 is 0 Å². The minimum atomic E-state index is 0.131. The molecule has 1 aliphatic heterocycles. The fourth-order valence-electron chi connectivity index (χ4n) is 1.67. The van der Waals surface area contributed by atoms with Crippen LogP contribution in [0.2, 0.25) is 0 Å². The van der Waals surface area contributed by atoms with Gasteiger partial charge in [0.1, 0.15) is 0 Å². The summed E-state index contributed by atoms with van der Waals surface area (Å²) in [6.45, 7) is 6.68. The quantitative estimate of drug-likeness (QED) is 0.784. The molecule has 1 aromatic heterocycles. The van der Waals surface area contributed by atoms with Crippen molar-refractivity contribution in [3.63, 3.8) is 0 Å². The normalized spacial score (nSPS) is 28.5. The predicted molar refractivity (Wildman–Crippen MR) is 66.6 cm³/mol. The number of thiophene rings is 1. The number of nitrogens with one attached hydrogen (secondary N) is 1. The van der Waals surface area contributed by atoms with E-state index in [-0.39, 0.29) is 5.54 Å². The largest absolute Gasteiger partial charge is 0.296 e. The van der Waals surface area contributed by atoms with Crippen LogP contribution in [0.25, 0.3) is 6.08 Å². The summed E-state index contributed by atoms with van der Waals surface area (Å²) in [5.41, 5.74) is 1.45. The van der Waals surface area contributed by atoms with E-state index < -0.39 is 0 Å². The lowest BCUT2D eigenvalue weighted by molar-refractivity contribution is 0.489. The highest BCUT2D eigenvalue weighted by molar-refractivity contribution is 8.04. The summed E-state index contributed by atoms with van der Waals surface area (Å²) in [6.07, 6.45) is 2.29. The van der Waals surface area contributed by atoms with Gasteiger partial charge in [0.25, 0.3) is 0 Å². The third-order valence-corrected chi connectivity index (χ3v) is 4.38. The van der Waals surface area contributed by atoms with Gasteiger partial charge in [0.15, 0.2) is 0 Å². The molecule has 14 heavy (non-hydrogen) atoms. The van der Waals surface area contributed by atoms with Gasteiger partial charge in [0.2, 0.25) is 0 Å². The van der Waals surface area contributed by atoms with Crippen molar-refractivity contribution in [2.24, 2.45) is 0 Å². The standard InChI is InChI=1S/C11H15NS2/c1-8-12-11(2,3)10(14-8)6-9-4-5-13-7-9/h4-8,12H,1-3H3. The fourth-order valence-corrected chi connectivity index (χ4v) is 3.58. The molecule has 1 saturated heterocycles. The lowest BCUT2D eigenvalue weighted by Crippen LogP contribution is -2.36. The number of thioether (sulfide) groups is 1. The highest BCUT2D eigenvalue weighted by Gasteiger charge is 2.33. The third-order valence-electron chi connectivity index (χ3n) is 2.32. The molecule has 1 nitrogen and oxygen atoms in total. The maximum absolute atomic E-state index is 3.55. The van der Waals surface area contributed by atoms with Crippen molar-refractivity contribution in [2.75, 3.05) is 0 Å². The molecule has 0 amide bonds. The number of hydrogen-bond donors (Lipinski definition) is 1. The van der Waals surface area contributed by atoms with Crippen molar-refractivity contribution < 1.29 is 0 Å². The van der Waals surface area contributed by atoms with Crippen molar-refractivity contribution in [3.05, 3.63) is 27.3 Å². The Balaban J connectivity index is 2.26. The summed E-state index contributed by atoms with van der Waals surface area (Å²) in [7, 11) is 0. The van der Waals surface area contributed by atoms with Crippen molar-refractivity contribution in [1.29, 1.82) is 0 Å². The van der Waals surface area contributed by atoms with Crippen LogP contribution in [0.4, 0.5) is 0 Å². The average Bonchev–Trinajstić information content (AvgIpc) is 2.61. The van der Waals surface area contributed by atoms with Gasteiger partial charge in [-0.1, -0.05) is 0 Å². The second-order valence-electron chi connectivity index (χ2n) is 4.09. The summed E-state index contributed by atoms with van der Waals surface area (Å²) < 4.78 is 0. The molecule has 1 aliphatic rings. The molecular formula is C11H15NS2. The van der Waals surface area contributed by atoms with Gasteiger partial charge in [-0.25, -0.2) is 0 Å². The molecule has 1 N–H and O–H groups in total. The van der Waals surface area contributed by atoms with Gasteiger partial charge in [-0.3, -0.25) is 5.32 Å². The summed E-state index contributed by atoms with van der Waals surface area (Å²) in [4.78, 5) is 1.43. The van der Waals surface area contributed by atoms with Gasteiger partial charge < -0.3 is 0 Å². The van der Waals surface area contributed by atoms with Gasteiger partial charge >= 0.3 is 0 Å². The first-order valence-electron chi connectivity index (χ1n) is 4.77. The number of rotatable bonds is 1. The number of hydrogen-bond acceptors (Lipinski definition) is 3. The Morgan fingerprint density at radius 1 is 1.50 bits per heavy atom. The Morgan fingerprint density at radius 2 is 2.29 bits per heavy atom. The first-order chi connectivity index (χ1) is 6.58. The van der Waals surface area contributed by atoms with E-state index in [0.29, 0.717) is 5.37 Å². The molecule has 1 unspecified atom stereocenters. The van der Waals surface area contributed by atoms with Crippen LogP contribution >= 0.6 is 23.1 Å². The van der Waals surface area contributed by atoms with Gasteiger partial charge in [0, 0.05) is 10.4 Å². The van der Waals surface area contributed by atoms with E-state index in [1.807, 2.05) is 11.8 Å². The van der Waals surface area contributed by atoms with E-state index in [1.165, 1.54) is 10.5 Å². The van der Waals surface area contributed by atoms with E-state index in [2.05, 4.69) is 49.0 Å². The molecule has 2 heterocycles. The Hall–Kier alpha value is -0.250. The Labute approximate surface area is 93.6 Å². The molecule has 1 atom stereocenters. The highest BCUT2D eigenvalue weighted by atomic mass is 32.2. The molecule has 2 rings (SSSR count). The van der Waals surface area contributed by atoms with Crippen LogP contribution < -0.4 is 5.32 Å². The maximum atomic E-state index is 3.55. The fraction of sp³-hybridized carbons (Fsp3) is 0.455. The van der Waals surface area contributed by atoms with Gasteiger partial charge in [-0.15, -0.1) is 11.8 Å². The van der Waals surface area contributed by atoms with E-state index in [0.717, 1.165) is 0 Å². The summed E-state index contributed by atoms with van der Waals surface area (Å²) in [6, 6.07) is 2.16. The molecule has 0 radical (unpaired) electrons. The van der Waals surface area contributed by atoms with E-state index in [1.54, 1.807) is 11.3 Å². The minimum absolute atomic E-state index is 0.131. The van der Waals surface area contributed by atoms with Crippen LogP contribution in [0.5, 0.6) is 0 Å². The van der Waals surface area contributed by atoms with Crippen LogP contribution in [0.3, 0.4) is 0 Å². The smallest absolute Gasteiger partial charge is 0.0555 e. The summed E-state index contributed by atoms with van der Waals surface area (Å²) >= 11 is 3.67. The Bertz CT molecular complexity index is 338. The molecule has 0 aliphatic carbocycles. The zero-order chi connectivity index (χ0) is 10.2. The van der Waals surface area contributed by atoms with Crippen molar-refractivity contribution in [3.8, 4) is 0 Å². The zero-order valence-electron chi connectivity index (χ0n) is 8.70. The first-order valence-corrected chi connectivity index (χ1v) is 6.59. The van der Waals surface area contributed by atoms with Gasteiger partial charge in [0.05, 0.1) is 5.37 Å². The monoisotopic (exact) mass is 225 g/mol. The van der Waals surface area contributed by atoms with Crippen molar-refractivity contribution in [2.45, 2.75) is 31.7 Å². The second-order valence-corrected chi connectivity index (χ2v) is 6.26. The predicted octanol–water partition coefficient (Wildman–Crippen LogP) is 3.55. The van der Waals surface area contributed by atoms with Gasteiger partial charge in [-0.05, 0) is 49.2 Å². The Morgan fingerprint density at radius 3 is 2.79 bits per heavy atom. The topological polar surface area (TPSA) is 12.0 Å². The molecule has 0 spiro atoms. The van der Waals surface area contributed by atoms with Crippen LogP contribution in [-0.4, -0.2) is 10.9 Å². The van der Waals surface area contributed by atoms with Crippen LogP contribution in [0.1, 0.15) is 26.3 Å². The van der Waals surface area contributed by atoms with E-state index in [4.69, 9.17) is 0 Å². The molecule has 0 saturated carbocycles. The summed E-state index contributed by atoms with van der Waals surface area (Å²) in [5, 5.41) is 8.38. The molecule has 1 fully saturated rings. The third kappa shape index (κ3) is 2.05. The van der Waals surface area contributed by atoms with Crippen LogP contribution in [0, 0.1) is 0 Å². The van der Waals surface area contributed by atoms with Crippen molar-refractivity contribution in [1.82, 2.24) is 5.32 Å². The molecule has 3 heteroatoms. The molecule has 0 aromatic carbocycles. The lowest BCUT2D eigenvalue weighted by atomic mass is 10.0. The second kappa shape index (κ2) is 3.72. The first kappa shape index (κ1) is 10.3. The van der Waals surface area contributed by atoms with Gasteiger partial charge in [-0.2, -0.15) is 11.3 Å². The molecular weight excluding hydrogens is 210 g/mol. The maximum Gasteiger partial charge on any atom is 0.0555 e.